The normalized spacial score (nSPS) is 10.5. The lowest BCUT2D eigenvalue weighted by Gasteiger charge is -2.11. The van der Waals surface area contributed by atoms with Gasteiger partial charge in [-0.05, 0) is 48.5 Å². The minimum absolute atomic E-state index is 0.133. The Labute approximate surface area is 190 Å². The number of hydrogen-bond donors (Lipinski definition) is 5. The van der Waals surface area contributed by atoms with Crippen molar-refractivity contribution in [1.82, 2.24) is 5.43 Å². The van der Waals surface area contributed by atoms with E-state index < -0.39 is 17.7 Å². The Morgan fingerprint density at radius 3 is 2.31 bits per heavy atom. The molecule has 5 N–H and O–H groups in total. The zero-order valence-electron chi connectivity index (χ0n) is 16.4. The second-order valence-electron chi connectivity index (χ2n) is 6.40. The summed E-state index contributed by atoms with van der Waals surface area (Å²) in [6.07, 6.45) is 1.11. The fourth-order valence-electron chi connectivity index (χ4n) is 2.55. The van der Waals surface area contributed by atoms with Gasteiger partial charge >= 0.3 is 11.8 Å². The molecule has 0 unspecified atom stereocenters. The first-order chi connectivity index (χ1) is 15.3. The molecule has 0 aliphatic carbocycles. The molecule has 0 spiro atoms. The summed E-state index contributed by atoms with van der Waals surface area (Å²) in [6.45, 7) is 0. The standard InChI is InChI=1S/C22H17BrN4O5/c23-14-6-8-15(9-7-14)25-20(30)17-3-1-2-4-18(17)26-21(31)22(32)27-24-12-13-5-10-16(28)11-19(13)29/h1-12,28-29H,(H,25,30)(H,26,31)(H,27,32)/b24-12+. The van der Waals surface area contributed by atoms with Crippen molar-refractivity contribution >= 4 is 51.2 Å². The Hall–Kier alpha value is -4.18. The van der Waals surface area contributed by atoms with Gasteiger partial charge in [0.05, 0.1) is 17.5 Å². The number of halogens is 1. The molecule has 162 valence electrons. The van der Waals surface area contributed by atoms with E-state index in [0.717, 1.165) is 16.8 Å². The average Bonchev–Trinajstić information content (AvgIpc) is 2.77. The van der Waals surface area contributed by atoms with Crippen LogP contribution >= 0.6 is 15.9 Å². The van der Waals surface area contributed by atoms with Crippen LogP contribution in [0.3, 0.4) is 0 Å². The van der Waals surface area contributed by atoms with E-state index in [4.69, 9.17) is 0 Å². The maximum Gasteiger partial charge on any atom is 0.329 e. The summed E-state index contributed by atoms with van der Waals surface area (Å²) in [5, 5.41) is 27.6. The van der Waals surface area contributed by atoms with Gasteiger partial charge in [-0.3, -0.25) is 14.4 Å². The number of phenolic OH excluding ortho intramolecular Hbond substituents is 2. The van der Waals surface area contributed by atoms with Crippen molar-refractivity contribution in [3.05, 3.63) is 82.3 Å². The molecule has 9 nitrogen and oxygen atoms in total. The van der Waals surface area contributed by atoms with Gasteiger partial charge in [0, 0.05) is 21.8 Å². The summed E-state index contributed by atoms with van der Waals surface area (Å²) in [4.78, 5) is 36.9. The van der Waals surface area contributed by atoms with E-state index in [0.29, 0.717) is 5.69 Å². The zero-order chi connectivity index (χ0) is 23.1. The maximum atomic E-state index is 12.6. The van der Waals surface area contributed by atoms with Crippen LogP contribution < -0.4 is 16.1 Å². The third-order valence-corrected chi connectivity index (χ3v) is 4.64. The molecule has 0 radical (unpaired) electrons. The zero-order valence-corrected chi connectivity index (χ0v) is 18.0. The van der Waals surface area contributed by atoms with Crippen molar-refractivity contribution in [2.24, 2.45) is 5.10 Å². The number of benzene rings is 3. The molecule has 3 aromatic rings. The van der Waals surface area contributed by atoms with Crippen LogP contribution in [0.15, 0.2) is 76.3 Å². The van der Waals surface area contributed by atoms with Crippen LogP contribution in [0.2, 0.25) is 0 Å². The topological polar surface area (TPSA) is 140 Å². The van der Waals surface area contributed by atoms with Crippen molar-refractivity contribution < 1.29 is 24.6 Å². The Morgan fingerprint density at radius 2 is 1.59 bits per heavy atom. The van der Waals surface area contributed by atoms with Crippen LogP contribution in [0.25, 0.3) is 0 Å². The van der Waals surface area contributed by atoms with Gasteiger partial charge in [-0.1, -0.05) is 28.1 Å². The van der Waals surface area contributed by atoms with Crippen molar-refractivity contribution in [3.8, 4) is 11.5 Å². The Morgan fingerprint density at radius 1 is 0.875 bits per heavy atom. The molecule has 32 heavy (non-hydrogen) atoms. The number of amides is 3. The molecule has 0 saturated heterocycles. The van der Waals surface area contributed by atoms with Crippen LogP contribution in [-0.2, 0) is 9.59 Å². The van der Waals surface area contributed by atoms with Gasteiger partial charge in [-0.25, -0.2) is 5.43 Å². The fraction of sp³-hybridized carbons (Fsp3) is 0. The summed E-state index contributed by atoms with van der Waals surface area (Å²) in [7, 11) is 0. The summed E-state index contributed by atoms with van der Waals surface area (Å²) in [6, 6.07) is 17.0. The van der Waals surface area contributed by atoms with Gasteiger partial charge in [0.15, 0.2) is 0 Å². The fourth-order valence-corrected chi connectivity index (χ4v) is 2.82. The van der Waals surface area contributed by atoms with E-state index in [1.54, 1.807) is 36.4 Å². The molecule has 0 atom stereocenters. The van der Waals surface area contributed by atoms with Gasteiger partial charge in [-0.15, -0.1) is 0 Å². The van der Waals surface area contributed by atoms with Crippen LogP contribution in [0.1, 0.15) is 15.9 Å². The molecule has 3 aromatic carbocycles. The highest BCUT2D eigenvalue weighted by atomic mass is 79.9. The minimum Gasteiger partial charge on any atom is -0.508 e. The van der Waals surface area contributed by atoms with Crippen LogP contribution in [0, 0.1) is 0 Å². The first kappa shape index (κ1) is 22.5. The van der Waals surface area contributed by atoms with Gasteiger partial charge in [0.25, 0.3) is 5.91 Å². The Bertz CT molecular complexity index is 1200. The molecular formula is C22H17BrN4O5. The van der Waals surface area contributed by atoms with Gasteiger partial charge < -0.3 is 20.8 Å². The predicted octanol–water partition coefficient (Wildman–Crippen LogP) is 3.20. The highest BCUT2D eigenvalue weighted by Crippen LogP contribution is 2.21. The molecule has 3 rings (SSSR count). The third kappa shape index (κ3) is 5.92. The Balaban J connectivity index is 1.64. The van der Waals surface area contributed by atoms with E-state index in [1.807, 2.05) is 5.43 Å². The van der Waals surface area contributed by atoms with Crippen LogP contribution in [0.5, 0.6) is 11.5 Å². The second kappa shape index (κ2) is 10.2. The number of carbonyl (C=O) groups is 3. The van der Waals surface area contributed by atoms with Crippen molar-refractivity contribution in [2.75, 3.05) is 10.6 Å². The highest BCUT2D eigenvalue weighted by Gasteiger charge is 2.17. The number of nitrogens with one attached hydrogen (secondary N) is 3. The number of para-hydroxylation sites is 1. The number of phenols is 2. The molecule has 3 amide bonds. The monoisotopic (exact) mass is 496 g/mol. The predicted molar refractivity (Wildman–Crippen MR) is 123 cm³/mol. The summed E-state index contributed by atoms with van der Waals surface area (Å²) < 4.78 is 0.859. The summed E-state index contributed by atoms with van der Waals surface area (Å²) in [5.74, 6) is -2.97. The highest BCUT2D eigenvalue weighted by molar-refractivity contribution is 9.10. The van der Waals surface area contributed by atoms with E-state index in [-0.39, 0.29) is 28.3 Å². The number of rotatable bonds is 5. The first-order valence-corrected chi connectivity index (χ1v) is 9.95. The summed E-state index contributed by atoms with van der Waals surface area (Å²) in [5.41, 5.74) is 3.11. The molecule has 0 bridgehead atoms. The van der Waals surface area contributed by atoms with Crippen molar-refractivity contribution in [1.29, 1.82) is 0 Å². The van der Waals surface area contributed by atoms with E-state index in [1.165, 1.54) is 24.3 Å². The van der Waals surface area contributed by atoms with Crippen LogP contribution in [-0.4, -0.2) is 34.1 Å². The van der Waals surface area contributed by atoms with Crippen molar-refractivity contribution in [2.45, 2.75) is 0 Å². The SMILES string of the molecule is O=C(N/N=C/c1ccc(O)cc1O)C(=O)Nc1ccccc1C(=O)Nc1ccc(Br)cc1. The molecular weight excluding hydrogens is 480 g/mol. The lowest BCUT2D eigenvalue weighted by Crippen LogP contribution is -2.33. The van der Waals surface area contributed by atoms with E-state index in [2.05, 4.69) is 31.7 Å². The second-order valence-corrected chi connectivity index (χ2v) is 7.32. The largest absolute Gasteiger partial charge is 0.508 e. The van der Waals surface area contributed by atoms with E-state index >= 15 is 0 Å². The van der Waals surface area contributed by atoms with Gasteiger partial charge in [0.2, 0.25) is 0 Å². The number of anilines is 2. The average molecular weight is 497 g/mol. The first-order valence-electron chi connectivity index (χ1n) is 9.16. The smallest absolute Gasteiger partial charge is 0.329 e. The maximum absolute atomic E-state index is 12.6. The number of aromatic hydroxyl groups is 2. The molecule has 0 heterocycles. The molecule has 0 aliphatic heterocycles. The molecule has 0 aliphatic rings. The Kier molecular flexibility index (Phi) is 7.19. The van der Waals surface area contributed by atoms with Gasteiger partial charge in [-0.2, -0.15) is 5.10 Å². The number of carbonyl (C=O) groups excluding carboxylic acids is 3. The molecule has 10 heteroatoms. The quantitative estimate of drug-likeness (QED) is 0.209. The summed E-state index contributed by atoms with van der Waals surface area (Å²) >= 11 is 3.32. The number of hydrazone groups is 1. The third-order valence-electron chi connectivity index (χ3n) is 4.11. The lowest BCUT2D eigenvalue weighted by molar-refractivity contribution is -0.136. The van der Waals surface area contributed by atoms with E-state index in [9.17, 15) is 24.6 Å². The number of hydrogen-bond acceptors (Lipinski definition) is 6. The molecule has 0 aromatic heterocycles. The number of nitrogens with zero attached hydrogens (tertiary/aromatic N) is 1. The minimum atomic E-state index is -1.08. The van der Waals surface area contributed by atoms with Gasteiger partial charge in [0.1, 0.15) is 11.5 Å². The van der Waals surface area contributed by atoms with Crippen molar-refractivity contribution in [3.63, 3.8) is 0 Å². The van der Waals surface area contributed by atoms with Crippen LogP contribution in [0.4, 0.5) is 11.4 Å². The molecule has 0 fully saturated rings. The lowest BCUT2D eigenvalue weighted by atomic mass is 10.1. The molecule has 0 saturated carbocycles.